The number of aliphatic carboxylic acids is 1. The molecule has 2 aromatic carbocycles. The summed E-state index contributed by atoms with van der Waals surface area (Å²) in [6.45, 7) is 0.146. The van der Waals surface area contributed by atoms with Gasteiger partial charge in [0.25, 0.3) is 10.0 Å². The van der Waals surface area contributed by atoms with Crippen LogP contribution in [0.15, 0.2) is 60.0 Å². The molecule has 0 fully saturated rings. The van der Waals surface area contributed by atoms with Crippen molar-refractivity contribution in [3.63, 3.8) is 0 Å². The second-order valence-corrected chi connectivity index (χ2v) is 7.39. The molecule has 0 aromatic heterocycles. The number of hydrogen-bond donors (Lipinski definition) is 1. The summed E-state index contributed by atoms with van der Waals surface area (Å²) in [6.07, 6.45) is 1.45. The molecule has 6 heteroatoms. The zero-order valence-electron chi connectivity index (χ0n) is 12.9. The molecular weight excluding hydrogens is 326 g/mol. The number of anilines is 1. The molecule has 1 heterocycles. The third-order valence-corrected chi connectivity index (χ3v) is 5.43. The molecule has 124 valence electrons. The van der Waals surface area contributed by atoms with Gasteiger partial charge in [-0.25, -0.2) is 8.42 Å². The number of fused-ring (bicyclic) bond motifs is 1. The van der Waals surface area contributed by atoms with Crippen molar-refractivity contribution in [1.29, 1.82) is 0 Å². The van der Waals surface area contributed by atoms with Crippen molar-refractivity contribution in [2.45, 2.75) is 12.3 Å². The first-order valence-electron chi connectivity index (χ1n) is 7.54. The van der Waals surface area contributed by atoms with Crippen LogP contribution in [0.4, 0.5) is 5.69 Å². The molecule has 1 N–H and O–H groups in total. The number of rotatable bonds is 5. The van der Waals surface area contributed by atoms with Crippen LogP contribution in [0.3, 0.4) is 0 Å². The molecule has 3 rings (SSSR count). The third kappa shape index (κ3) is 3.33. The van der Waals surface area contributed by atoms with Crippen LogP contribution in [0.5, 0.6) is 0 Å². The SMILES string of the molecule is O=C(O)CC1CN(S(=O)(=O)C=Cc2ccccc2)c2ccccc21. The van der Waals surface area contributed by atoms with E-state index in [1.807, 2.05) is 30.3 Å². The van der Waals surface area contributed by atoms with Gasteiger partial charge in [0, 0.05) is 12.5 Å². The highest BCUT2D eigenvalue weighted by atomic mass is 32.2. The van der Waals surface area contributed by atoms with Crippen LogP contribution in [0.25, 0.3) is 6.08 Å². The Morgan fingerprint density at radius 3 is 2.50 bits per heavy atom. The monoisotopic (exact) mass is 343 g/mol. The van der Waals surface area contributed by atoms with E-state index in [9.17, 15) is 13.2 Å². The van der Waals surface area contributed by atoms with Crippen LogP contribution in [-0.2, 0) is 14.8 Å². The largest absolute Gasteiger partial charge is 0.481 e. The highest BCUT2D eigenvalue weighted by molar-refractivity contribution is 7.95. The molecule has 0 aliphatic carbocycles. The molecule has 1 aliphatic heterocycles. The van der Waals surface area contributed by atoms with Gasteiger partial charge in [0.15, 0.2) is 0 Å². The van der Waals surface area contributed by atoms with Gasteiger partial charge in [-0.15, -0.1) is 0 Å². The Balaban J connectivity index is 1.91. The topological polar surface area (TPSA) is 74.7 Å². The molecule has 1 aliphatic rings. The fraction of sp³-hybridized carbons (Fsp3) is 0.167. The van der Waals surface area contributed by atoms with Gasteiger partial charge in [0.05, 0.1) is 17.5 Å². The zero-order valence-corrected chi connectivity index (χ0v) is 13.7. The average molecular weight is 343 g/mol. The Morgan fingerprint density at radius 1 is 1.12 bits per heavy atom. The van der Waals surface area contributed by atoms with Gasteiger partial charge in [-0.3, -0.25) is 9.10 Å². The molecule has 0 amide bonds. The minimum absolute atomic E-state index is 0.0918. The second kappa shape index (κ2) is 6.49. The predicted octanol–water partition coefficient (Wildman–Crippen LogP) is 3.07. The van der Waals surface area contributed by atoms with Gasteiger partial charge in [-0.1, -0.05) is 48.5 Å². The number of carbonyl (C=O) groups is 1. The summed E-state index contributed by atoms with van der Waals surface area (Å²) in [5.74, 6) is -1.27. The van der Waals surface area contributed by atoms with Crippen LogP contribution in [0.1, 0.15) is 23.5 Å². The molecular formula is C18H17NO4S. The maximum Gasteiger partial charge on any atom is 0.304 e. The molecule has 0 saturated heterocycles. The smallest absolute Gasteiger partial charge is 0.304 e. The van der Waals surface area contributed by atoms with Crippen molar-refractivity contribution in [3.05, 3.63) is 71.1 Å². The van der Waals surface area contributed by atoms with Crippen LogP contribution in [0.2, 0.25) is 0 Å². The van der Waals surface area contributed by atoms with Gasteiger partial charge in [0.1, 0.15) is 0 Å². The quantitative estimate of drug-likeness (QED) is 0.905. The third-order valence-electron chi connectivity index (χ3n) is 3.99. The number of nitrogens with zero attached hydrogens (tertiary/aromatic N) is 1. The number of carboxylic acids is 1. The number of sulfonamides is 1. The van der Waals surface area contributed by atoms with E-state index in [1.165, 1.54) is 9.71 Å². The van der Waals surface area contributed by atoms with Gasteiger partial charge in [-0.05, 0) is 23.3 Å². The predicted molar refractivity (Wildman–Crippen MR) is 93.2 cm³/mol. The minimum atomic E-state index is -3.68. The molecule has 5 nitrogen and oxygen atoms in total. The van der Waals surface area contributed by atoms with Crippen LogP contribution >= 0.6 is 0 Å². The lowest BCUT2D eigenvalue weighted by atomic mass is 9.98. The van der Waals surface area contributed by atoms with Gasteiger partial charge >= 0.3 is 5.97 Å². The van der Waals surface area contributed by atoms with Crippen molar-refractivity contribution < 1.29 is 18.3 Å². The first-order valence-corrected chi connectivity index (χ1v) is 9.04. The second-order valence-electron chi connectivity index (χ2n) is 5.64. The lowest BCUT2D eigenvalue weighted by molar-refractivity contribution is -0.137. The number of benzene rings is 2. The summed E-state index contributed by atoms with van der Waals surface area (Å²) in [6, 6.07) is 16.2. The molecule has 2 aromatic rings. The summed E-state index contributed by atoms with van der Waals surface area (Å²) in [7, 11) is -3.68. The van der Waals surface area contributed by atoms with Crippen LogP contribution in [-0.4, -0.2) is 26.0 Å². The van der Waals surface area contributed by atoms with Gasteiger partial charge in [-0.2, -0.15) is 0 Å². The van der Waals surface area contributed by atoms with Gasteiger partial charge in [0.2, 0.25) is 0 Å². The van der Waals surface area contributed by atoms with E-state index < -0.39 is 16.0 Å². The van der Waals surface area contributed by atoms with E-state index in [0.29, 0.717) is 5.69 Å². The summed E-state index contributed by atoms with van der Waals surface area (Å²) >= 11 is 0. The van der Waals surface area contributed by atoms with E-state index in [0.717, 1.165) is 11.1 Å². The summed E-state index contributed by atoms with van der Waals surface area (Å²) in [5.41, 5.74) is 2.11. The van der Waals surface area contributed by atoms with E-state index in [-0.39, 0.29) is 18.9 Å². The molecule has 1 unspecified atom stereocenters. The molecule has 0 bridgehead atoms. The van der Waals surface area contributed by atoms with E-state index in [2.05, 4.69) is 0 Å². The molecule has 1 atom stereocenters. The van der Waals surface area contributed by atoms with Crippen molar-refractivity contribution in [3.8, 4) is 0 Å². The number of para-hydroxylation sites is 1. The minimum Gasteiger partial charge on any atom is -0.481 e. The summed E-state index contributed by atoms with van der Waals surface area (Å²) in [4.78, 5) is 11.1. The van der Waals surface area contributed by atoms with Crippen molar-refractivity contribution in [1.82, 2.24) is 0 Å². The molecule has 0 saturated carbocycles. The fourth-order valence-electron chi connectivity index (χ4n) is 2.89. The summed E-state index contributed by atoms with van der Waals surface area (Å²) < 4.78 is 26.7. The van der Waals surface area contributed by atoms with E-state index >= 15 is 0 Å². The Kier molecular flexibility index (Phi) is 4.40. The van der Waals surface area contributed by atoms with Crippen LogP contribution in [0, 0.1) is 0 Å². The summed E-state index contributed by atoms with van der Waals surface area (Å²) in [5, 5.41) is 10.2. The Labute approximate surface area is 140 Å². The highest BCUT2D eigenvalue weighted by Gasteiger charge is 2.35. The van der Waals surface area contributed by atoms with Gasteiger partial charge < -0.3 is 5.11 Å². The van der Waals surface area contributed by atoms with E-state index in [1.54, 1.807) is 30.3 Å². The Morgan fingerprint density at radius 2 is 1.79 bits per heavy atom. The Hall–Kier alpha value is -2.60. The standard InChI is InChI=1S/C18H17NO4S/c20-18(21)12-15-13-19(17-9-5-4-8-16(15)17)24(22,23)11-10-14-6-2-1-3-7-14/h1-11,15H,12-13H2,(H,20,21). The molecule has 0 spiro atoms. The number of hydrogen-bond acceptors (Lipinski definition) is 3. The Bertz CT molecular complexity index is 875. The van der Waals surface area contributed by atoms with Crippen molar-refractivity contribution in [2.24, 2.45) is 0 Å². The van der Waals surface area contributed by atoms with E-state index in [4.69, 9.17) is 5.11 Å². The maximum absolute atomic E-state index is 12.7. The highest BCUT2D eigenvalue weighted by Crippen LogP contribution is 2.39. The fourth-order valence-corrected chi connectivity index (χ4v) is 4.19. The zero-order chi connectivity index (χ0) is 17.2. The molecule has 24 heavy (non-hydrogen) atoms. The molecule has 0 radical (unpaired) electrons. The number of carboxylic acid groups (broad SMARTS) is 1. The maximum atomic E-state index is 12.7. The lowest BCUT2D eigenvalue weighted by Gasteiger charge is -2.17. The normalized spacial score (nSPS) is 17.2. The van der Waals surface area contributed by atoms with Crippen LogP contribution < -0.4 is 4.31 Å². The average Bonchev–Trinajstić information content (AvgIpc) is 2.93. The van der Waals surface area contributed by atoms with Crippen molar-refractivity contribution >= 4 is 27.8 Å². The lowest BCUT2D eigenvalue weighted by Crippen LogP contribution is -2.28. The first kappa shape index (κ1) is 16.3. The van der Waals surface area contributed by atoms with Crippen molar-refractivity contribution in [2.75, 3.05) is 10.8 Å². The first-order chi connectivity index (χ1) is 11.5.